The third kappa shape index (κ3) is 4.59. The van der Waals surface area contributed by atoms with Crippen molar-refractivity contribution < 1.29 is 19.1 Å². The second-order valence-corrected chi connectivity index (χ2v) is 9.70. The number of esters is 1. The van der Waals surface area contributed by atoms with Crippen LogP contribution >= 0.6 is 23.3 Å². The molecule has 1 saturated heterocycles. The van der Waals surface area contributed by atoms with E-state index in [1.807, 2.05) is 60.7 Å². The Morgan fingerprint density at radius 2 is 1.91 bits per heavy atom. The number of β-lactam (4-membered cyclic amide) rings is 1. The zero-order chi connectivity index (χ0) is 24.2. The lowest BCUT2D eigenvalue weighted by Gasteiger charge is -2.48. The second kappa shape index (κ2) is 10.2. The van der Waals surface area contributed by atoms with E-state index in [0.717, 1.165) is 15.3 Å². The summed E-state index contributed by atoms with van der Waals surface area (Å²) in [5, 5.41) is 7.39. The average molecular weight is 507 g/mol. The van der Waals surface area contributed by atoms with Gasteiger partial charge in [-0.3, -0.25) is 9.69 Å². The van der Waals surface area contributed by atoms with Gasteiger partial charge in [0.05, 0.1) is 18.0 Å². The van der Waals surface area contributed by atoms with Gasteiger partial charge in [0.1, 0.15) is 22.6 Å². The zero-order valence-electron chi connectivity index (χ0n) is 18.1. The van der Waals surface area contributed by atoms with Crippen LogP contribution in [-0.4, -0.2) is 50.8 Å². The zero-order valence-corrected chi connectivity index (χ0v) is 19.8. The Morgan fingerprint density at radius 3 is 2.51 bits per heavy atom. The summed E-state index contributed by atoms with van der Waals surface area (Å²) in [7, 11) is 0. The maximum absolute atomic E-state index is 13.6. The van der Waals surface area contributed by atoms with Crippen LogP contribution in [0.3, 0.4) is 0 Å². The highest BCUT2D eigenvalue weighted by atomic mass is 32.2. The molecule has 2 aliphatic heterocycles. The molecular weight excluding hydrogens is 488 g/mol. The highest BCUT2D eigenvalue weighted by molar-refractivity contribution is 8.01. The number of ether oxygens (including phenoxy) is 2. The Balaban J connectivity index is 1.48. The minimum absolute atomic E-state index is 0.0254. The van der Waals surface area contributed by atoms with Crippen LogP contribution in [0.15, 0.2) is 87.6 Å². The fourth-order valence-corrected chi connectivity index (χ4v) is 5.34. The lowest BCUT2D eigenvalue weighted by Crippen LogP contribution is -2.67. The molecule has 2 aromatic carbocycles. The lowest BCUT2D eigenvalue weighted by atomic mass is 9.93. The van der Waals surface area contributed by atoms with Crippen molar-refractivity contribution in [2.75, 3.05) is 12.4 Å². The number of nitrogens with zero attached hydrogens (tertiary/aromatic N) is 6. The second-order valence-electron chi connectivity index (χ2n) is 7.64. The molecule has 2 atom stereocenters. The Hall–Kier alpha value is -3.86. The van der Waals surface area contributed by atoms with Gasteiger partial charge in [-0.05, 0) is 28.2 Å². The van der Waals surface area contributed by atoms with Gasteiger partial charge in [0.25, 0.3) is 0 Å². The number of aromatic nitrogens is 2. The van der Waals surface area contributed by atoms with Crippen LogP contribution < -0.4 is 0 Å². The summed E-state index contributed by atoms with van der Waals surface area (Å²) in [4.78, 5) is 30.6. The first-order valence-electron chi connectivity index (χ1n) is 10.6. The van der Waals surface area contributed by atoms with Gasteiger partial charge >= 0.3 is 5.97 Å². The number of hydrogen-bond donors (Lipinski definition) is 0. The molecule has 2 aliphatic rings. The van der Waals surface area contributed by atoms with Crippen LogP contribution in [0.5, 0.6) is 0 Å². The van der Waals surface area contributed by atoms with Crippen LogP contribution in [0.2, 0.25) is 0 Å². The summed E-state index contributed by atoms with van der Waals surface area (Å²) >= 11 is 2.61. The minimum Gasteiger partial charge on any atom is -0.492 e. The molecule has 5 rings (SSSR count). The Kier molecular flexibility index (Phi) is 6.66. The van der Waals surface area contributed by atoms with Crippen molar-refractivity contribution in [3.8, 4) is 0 Å². The van der Waals surface area contributed by atoms with E-state index in [1.165, 1.54) is 28.2 Å². The van der Waals surface area contributed by atoms with E-state index in [0.29, 0.717) is 5.76 Å². The molecule has 12 heteroatoms. The number of amides is 1. The minimum atomic E-state index is -0.915. The topological polar surface area (TPSA) is 130 Å². The van der Waals surface area contributed by atoms with Crippen LogP contribution in [0.4, 0.5) is 0 Å². The summed E-state index contributed by atoms with van der Waals surface area (Å²) in [6, 6.07) is 17.3. The number of hydrogen-bond acceptors (Lipinski definition) is 9. The quantitative estimate of drug-likeness (QED) is 0.112. The van der Waals surface area contributed by atoms with Crippen molar-refractivity contribution in [3.05, 3.63) is 99.9 Å². The molecule has 0 aliphatic carbocycles. The van der Waals surface area contributed by atoms with E-state index in [9.17, 15) is 9.59 Å². The number of carbonyl (C=O) groups excluding carboxylic acids is 2. The van der Waals surface area contributed by atoms with Gasteiger partial charge < -0.3 is 9.47 Å². The van der Waals surface area contributed by atoms with Gasteiger partial charge in [-0.15, -0.1) is 16.9 Å². The van der Waals surface area contributed by atoms with E-state index in [1.54, 1.807) is 6.20 Å². The van der Waals surface area contributed by atoms with Gasteiger partial charge in [-0.25, -0.2) is 4.79 Å². The van der Waals surface area contributed by atoms with Crippen LogP contribution in [0.25, 0.3) is 10.4 Å². The molecule has 0 spiro atoms. The van der Waals surface area contributed by atoms with E-state index in [-0.39, 0.29) is 18.1 Å². The molecule has 3 heterocycles. The maximum Gasteiger partial charge on any atom is 0.359 e. The molecule has 1 aromatic heterocycles. The monoisotopic (exact) mass is 506 g/mol. The molecule has 2 unspecified atom stereocenters. The molecule has 0 saturated carbocycles. The number of fused-ring (bicyclic) bond motifs is 1. The summed E-state index contributed by atoms with van der Waals surface area (Å²) < 4.78 is 16.6. The van der Waals surface area contributed by atoms with Crippen molar-refractivity contribution in [3.63, 3.8) is 0 Å². The van der Waals surface area contributed by atoms with Crippen LogP contribution in [0.1, 0.15) is 17.2 Å². The number of benzene rings is 2. The van der Waals surface area contributed by atoms with Crippen molar-refractivity contribution in [1.29, 1.82) is 0 Å². The highest BCUT2D eigenvalue weighted by Gasteiger charge is 2.54. The molecule has 1 amide bonds. The maximum atomic E-state index is 13.6. The number of rotatable bonds is 8. The molecule has 176 valence electrons. The molecule has 0 N–H and O–H groups in total. The molecule has 35 heavy (non-hydrogen) atoms. The van der Waals surface area contributed by atoms with Gasteiger partial charge in [0.2, 0.25) is 5.91 Å². The van der Waals surface area contributed by atoms with Crippen LogP contribution in [0, 0.1) is 0 Å². The number of carbonyl (C=O) groups is 2. The van der Waals surface area contributed by atoms with Crippen LogP contribution in [-0.2, 0) is 19.1 Å². The van der Waals surface area contributed by atoms with E-state index in [4.69, 9.17) is 15.0 Å². The largest absolute Gasteiger partial charge is 0.492 e. The van der Waals surface area contributed by atoms with Gasteiger partial charge in [0.15, 0.2) is 11.8 Å². The first kappa shape index (κ1) is 22.9. The fraction of sp³-hybridized carbons (Fsp3) is 0.217. The predicted molar refractivity (Wildman–Crippen MR) is 128 cm³/mol. The number of azide groups is 1. The lowest BCUT2D eigenvalue weighted by molar-refractivity contribution is -0.160. The molecule has 1 fully saturated rings. The molecule has 0 bridgehead atoms. The molecule has 0 radical (unpaired) electrons. The summed E-state index contributed by atoms with van der Waals surface area (Å²) in [6.07, 6.45) is 0.925. The Bertz CT molecular complexity index is 1260. The normalized spacial score (nSPS) is 18.9. The Morgan fingerprint density at radius 1 is 1.23 bits per heavy atom. The van der Waals surface area contributed by atoms with E-state index < -0.39 is 30.1 Å². The van der Waals surface area contributed by atoms with E-state index >= 15 is 0 Å². The molecule has 3 aromatic rings. The average Bonchev–Trinajstić information content (AvgIpc) is 3.43. The van der Waals surface area contributed by atoms with E-state index in [2.05, 4.69) is 19.6 Å². The van der Waals surface area contributed by atoms with Crippen molar-refractivity contribution in [2.24, 2.45) is 5.11 Å². The first-order valence-corrected chi connectivity index (χ1v) is 12.4. The summed E-state index contributed by atoms with van der Waals surface area (Å²) in [5.74, 6) is -0.561. The SMILES string of the molecule is [N-]=[N+]=NC1C(=O)N2C(C(=O)OC(c3ccccc3)c3ccccc3)=C(CSc3cnns3)OCC12. The smallest absolute Gasteiger partial charge is 0.359 e. The summed E-state index contributed by atoms with van der Waals surface area (Å²) in [6.45, 7) is 0.115. The van der Waals surface area contributed by atoms with Gasteiger partial charge in [0, 0.05) is 4.91 Å². The Labute approximate surface area is 208 Å². The third-order valence-corrected chi connectivity index (χ3v) is 7.44. The molecule has 10 nitrogen and oxygen atoms in total. The first-order chi connectivity index (χ1) is 17.2. The van der Waals surface area contributed by atoms with Crippen molar-refractivity contribution >= 4 is 35.2 Å². The highest BCUT2D eigenvalue weighted by Crippen LogP contribution is 2.38. The van der Waals surface area contributed by atoms with Crippen molar-refractivity contribution in [1.82, 2.24) is 14.5 Å². The summed E-state index contributed by atoms with van der Waals surface area (Å²) in [5.41, 5.74) is 10.4. The van der Waals surface area contributed by atoms with Gasteiger partial charge in [-0.1, -0.05) is 70.3 Å². The van der Waals surface area contributed by atoms with Gasteiger partial charge in [-0.2, -0.15) is 0 Å². The fourth-order valence-electron chi connectivity index (χ4n) is 3.97. The standard InChI is InChI=1S/C23H18N6O4S2/c24-27-26-19-16-12-32-17(13-34-18-11-25-28-35-18)20(29(16)22(19)30)23(31)33-21(14-7-3-1-4-8-14)15-9-5-2-6-10-15/h1-11,16,19,21H,12-13H2. The number of thioether (sulfide) groups is 1. The van der Waals surface area contributed by atoms with Crippen molar-refractivity contribution in [2.45, 2.75) is 22.4 Å². The predicted octanol–water partition coefficient (Wildman–Crippen LogP) is 4.09. The third-order valence-electron chi connectivity index (χ3n) is 5.61. The molecular formula is C23H18N6O4S2.